The third kappa shape index (κ3) is 6.09. The maximum absolute atomic E-state index is 4.82. The number of hydrogen-bond donors (Lipinski definition) is 0. The molecule has 50 heavy (non-hydrogen) atoms. The van der Waals surface area contributed by atoms with Crippen LogP contribution in [-0.2, 0) is 14.1 Å². The molecule has 0 N–H and O–H groups in total. The molecule has 0 saturated carbocycles. The zero-order valence-corrected chi connectivity index (χ0v) is 29.9. The van der Waals surface area contributed by atoms with E-state index in [1.165, 1.54) is 5.69 Å². The van der Waals surface area contributed by atoms with Crippen molar-refractivity contribution in [3.8, 4) is 45.0 Å². The molecular formula is C40H42N10. The summed E-state index contributed by atoms with van der Waals surface area (Å²) in [5.74, 6) is 0.669. The van der Waals surface area contributed by atoms with Crippen molar-refractivity contribution in [1.82, 2.24) is 48.3 Å². The van der Waals surface area contributed by atoms with Gasteiger partial charge in [-0.25, -0.2) is 9.97 Å². The van der Waals surface area contributed by atoms with Gasteiger partial charge in [0.25, 0.3) is 0 Å². The van der Waals surface area contributed by atoms with Crippen LogP contribution < -0.4 is 0 Å². The number of rotatable bonds is 6. The Balaban J connectivity index is 0.000000157. The molecule has 0 radical (unpaired) electrons. The standard InChI is InChI=1S/2C20H21N5/c1-13(2)20-18(15-8-9-17-21-10-11-25(17)12-15)19(23-24(20)4)16-7-5-6-14(3)22-16;1-13(2)19-18(15-8-9-17-21-10-11-25(17)12-15)20(24(4)23-19)16-7-5-6-14(3)22-16/h2*5-13H,1-4H3. The fourth-order valence-corrected chi connectivity index (χ4v) is 6.68. The molecule has 10 nitrogen and oxygen atoms in total. The minimum atomic E-state index is 0.318. The highest BCUT2D eigenvalue weighted by Crippen LogP contribution is 2.38. The van der Waals surface area contributed by atoms with E-state index in [9.17, 15) is 0 Å². The van der Waals surface area contributed by atoms with E-state index in [1.807, 2.05) is 119 Å². The first-order chi connectivity index (χ1) is 24.1. The maximum atomic E-state index is 4.82. The van der Waals surface area contributed by atoms with E-state index in [-0.39, 0.29) is 0 Å². The second kappa shape index (κ2) is 13.2. The molecule has 0 bridgehead atoms. The Morgan fingerprint density at radius 2 is 1.14 bits per heavy atom. The highest BCUT2D eigenvalue weighted by molar-refractivity contribution is 5.83. The molecule has 10 heteroatoms. The molecule has 0 aliphatic heterocycles. The summed E-state index contributed by atoms with van der Waals surface area (Å²) in [5, 5.41) is 9.63. The van der Waals surface area contributed by atoms with Crippen molar-refractivity contribution in [2.24, 2.45) is 14.1 Å². The van der Waals surface area contributed by atoms with E-state index in [2.05, 4.69) is 62.2 Å². The first kappa shape index (κ1) is 32.6. The van der Waals surface area contributed by atoms with Crippen LogP contribution in [0.5, 0.6) is 0 Å². The normalized spacial score (nSPS) is 11.6. The first-order valence-electron chi connectivity index (χ1n) is 17.0. The zero-order valence-electron chi connectivity index (χ0n) is 29.9. The third-order valence-electron chi connectivity index (χ3n) is 8.88. The third-order valence-corrected chi connectivity index (χ3v) is 8.88. The Morgan fingerprint density at radius 3 is 1.70 bits per heavy atom. The minimum absolute atomic E-state index is 0.318. The number of fused-ring (bicyclic) bond motifs is 2. The fraction of sp³-hybridized carbons (Fsp3) is 0.250. The van der Waals surface area contributed by atoms with Gasteiger partial charge in [0.05, 0.1) is 22.8 Å². The molecule has 0 spiro atoms. The van der Waals surface area contributed by atoms with Gasteiger partial charge < -0.3 is 8.80 Å². The summed E-state index contributed by atoms with van der Waals surface area (Å²) in [6, 6.07) is 20.5. The van der Waals surface area contributed by atoms with Crippen LogP contribution in [0.2, 0.25) is 0 Å². The first-order valence-corrected chi connectivity index (χ1v) is 17.0. The predicted molar refractivity (Wildman–Crippen MR) is 199 cm³/mol. The fourth-order valence-electron chi connectivity index (χ4n) is 6.68. The lowest BCUT2D eigenvalue weighted by Gasteiger charge is -2.11. The molecular weight excluding hydrogens is 621 g/mol. The molecule has 0 aliphatic rings. The van der Waals surface area contributed by atoms with E-state index >= 15 is 0 Å². The number of pyridine rings is 4. The van der Waals surface area contributed by atoms with E-state index in [0.717, 1.165) is 73.4 Å². The molecule has 0 fully saturated rings. The number of aromatic nitrogens is 10. The molecule has 0 saturated heterocycles. The minimum Gasteiger partial charge on any atom is -0.306 e. The summed E-state index contributed by atoms with van der Waals surface area (Å²) in [4.78, 5) is 18.1. The van der Waals surface area contributed by atoms with E-state index < -0.39 is 0 Å². The Hall–Kier alpha value is -5.90. The van der Waals surface area contributed by atoms with Crippen molar-refractivity contribution >= 4 is 11.3 Å². The Labute approximate surface area is 292 Å². The monoisotopic (exact) mass is 662 g/mol. The van der Waals surface area contributed by atoms with Gasteiger partial charge in [0.1, 0.15) is 17.0 Å². The number of hydrogen-bond acceptors (Lipinski definition) is 6. The summed E-state index contributed by atoms with van der Waals surface area (Å²) >= 11 is 0. The van der Waals surface area contributed by atoms with Gasteiger partial charge in [-0.15, -0.1) is 0 Å². The lowest BCUT2D eigenvalue weighted by Crippen LogP contribution is -2.01. The molecule has 8 heterocycles. The van der Waals surface area contributed by atoms with Crippen LogP contribution in [0.25, 0.3) is 56.3 Å². The summed E-state index contributed by atoms with van der Waals surface area (Å²) in [6.07, 6.45) is 11.8. The highest BCUT2D eigenvalue weighted by Gasteiger charge is 2.24. The van der Waals surface area contributed by atoms with Crippen molar-refractivity contribution in [3.63, 3.8) is 0 Å². The molecule has 0 amide bonds. The average molecular weight is 663 g/mol. The van der Waals surface area contributed by atoms with Crippen molar-refractivity contribution < 1.29 is 0 Å². The van der Waals surface area contributed by atoms with Gasteiger partial charge in [-0.1, -0.05) is 39.8 Å². The van der Waals surface area contributed by atoms with Crippen LogP contribution >= 0.6 is 0 Å². The van der Waals surface area contributed by atoms with Gasteiger partial charge in [0.15, 0.2) is 0 Å². The predicted octanol–water partition coefficient (Wildman–Crippen LogP) is 8.46. The van der Waals surface area contributed by atoms with Crippen molar-refractivity contribution in [2.45, 2.75) is 53.4 Å². The molecule has 252 valence electrons. The summed E-state index contributed by atoms with van der Waals surface area (Å²) in [7, 11) is 4.00. The second-order valence-corrected chi connectivity index (χ2v) is 13.3. The van der Waals surface area contributed by atoms with Gasteiger partial charge >= 0.3 is 0 Å². The molecule has 8 aromatic rings. The smallest absolute Gasteiger partial charge is 0.136 e. The summed E-state index contributed by atoms with van der Waals surface area (Å²) in [5.41, 5.74) is 14.5. The van der Waals surface area contributed by atoms with Crippen molar-refractivity contribution in [1.29, 1.82) is 0 Å². The van der Waals surface area contributed by atoms with Crippen LogP contribution in [-0.4, -0.2) is 48.3 Å². The van der Waals surface area contributed by atoms with Crippen LogP contribution in [0.1, 0.15) is 62.3 Å². The van der Waals surface area contributed by atoms with Crippen LogP contribution in [0.4, 0.5) is 0 Å². The summed E-state index contributed by atoms with van der Waals surface area (Å²) in [6.45, 7) is 12.8. The molecule has 0 aliphatic carbocycles. The number of nitrogens with zero attached hydrogens (tertiary/aromatic N) is 10. The van der Waals surface area contributed by atoms with Crippen LogP contribution in [0, 0.1) is 13.8 Å². The van der Waals surface area contributed by atoms with Gasteiger partial charge in [-0.05, 0) is 74.2 Å². The van der Waals surface area contributed by atoms with Crippen molar-refractivity contribution in [2.75, 3.05) is 0 Å². The number of imidazole rings is 2. The quantitative estimate of drug-likeness (QED) is 0.177. The zero-order chi connectivity index (χ0) is 35.1. The van der Waals surface area contributed by atoms with Crippen LogP contribution in [0.3, 0.4) is 0 Å². The molecule has 0 aromatic carbocycles. The average Bonchev–Trinajstić information content (AvgIpc) is 3.89. The number of aryl methyl sites for hydroxylation is 4. The molecule has 8 rings (SSSR count). The van der Waals surface area contributed by atoms with E-state index in [0.29, 0.717) is 11.8 Å². The summed E-state index contributed by atoms with van der Waals surface area (Å²) < 4.78 is 8.02. The maximum Gasteiger partial charge on any atom is 0.136 e. The Bertz CT molecular complexity index is 2380. The largest absolute Gasteiger partial charge is 0.306 e. The topological polar surface area (TPSA) is 96.0 Å². The lowest BCUT2D eigenvalue weighted by molar-refractivity contribution is 0.671. The molecule has 0 unspecified atom stereocenters. The van der Waals surface area contributed by atoms with Crippen LogP contribution in [0.15, 0.2) is 97.8 Å². The lowest BCUT2D eigenvalue weighted by atomic mass is 9.97. The second-order valence-electron chi connectivity index (χ2n) is 13.3. The van der Waals surface area contributed by atoms with Gasteiger partial charge in [-0.3, -0.25) is 19.3 Å². The van der Waals surface area contributed by atoms with E-state index in [1.54, 1.807) is 0 Å². The van der Waals surface area contributed by atoms with Crippen molar-refractivity contribution in [3.05, 3.63) is 121 Å². The Kier molecular flexibility index (Phi) is 8.61. The highest BCUT2D eigenvalue weighted by atomic mass is 15.3. The van der Waals surface area contributed by atoms with Gasteiger partial charge in [-0.2, -0.15) is 10.2 Å². The van der Waals surface area contributed by atoms with E-state index in [4.69, 9.17) is 20.2 Å². The van der Waals surface area contributed by atoms with Gasteiger partial charge in [0.2, 0.25) is 0 Å². The Morgan fingerprint density at radius 1 is 0.580 bits per heavy atom. The SMILES string of the molecule is Cc1cccc(-c2c(-c3ccc4nccn4c3)c(C(C)C)nn2C)n1.Cc1cccc(-c2nn(C)c(C(C)C)c2-c2ccc3nccn3c2)n1. The molecule has 0 atom stereocenters. The van der Waals surface area contributed by atoms with Gasteiger partial charge in [0, 0.05) is 90.6 Å². The molecule has 8 aromatic heterocycles.